The Balaban J connectivity index is 2.09. The van der Waals surface area contributed by atoms with Crippen LogP contribution in [0.5, 0.6) is 0 Å². The first-order valence-corrected chi connectivity index (χ1v) is 9.37. The Morgan fingerprint density at radius 2 is 1.56 bits per heavy atom. The van der Waals surface area contributed by atoms with Gasteiger partial charge in [0.2, 0.25) is 10.0 Å². The fourth-order valence-electron chi connectivity index (χ4n) is 3.25. The van der Waals surface area contributed by atoms with Crippen LogP contribution in [-0.2, 0) is 10.0 Å². The molecule has 0 unspecified atom stereocenters. The third-order valence-electron chi connectivity index (χ3n) is 4.49. The molecule has 0 saturated carbocycles. The summed E-state index contributed by atoms with van der Waals surface area (Å²) >= 11 is 0. The lowest BCUT2D eigenvalue weighted by Crippen LogP contribution is -2.45. The van der Waals surface area contributed by atoms with E-state index in [0.717, 1.165) is 5.56 Å². The molecule has 0 aliphatic carbocycles. The van der Waals surface area contributed by atoms with Gasteiger partial charge in [0.25, 0.3) is 0 Å². The van der Waals surface area contributed by atoms with Gasteiger partial charge in [-0.15, -0.1) is 0 Å². The van der Waals surface area contributed by atoms with Crippen molar-refractivity contribution < 1.29 is 21.6 Å². The van der Waals surface area contributed by atoms with E-state index in [2.05, 4.69) is 0 Å². The molecule has 0 amide bonds. The highest BCUT2D eigenvalue weighted by Gasteiger charge is 2.54. The monoisotopic (exact) mass is 369 g/mol. The summed E-state index contributed by atoms with van der Waals surface area (Å²) in [4.78, 5) is -0.116. The van der Waals surface area contributed by atoms with Crippen molar-refractivity contribution in [2.75, 3.05) is 0 Å². The Labute approximate surface area is 145 Å². The largest absolute Gasteiger partial charge is 0.405 e. The minimum atomic E-state index is -4.61. The maximum absolute atomic E-state index is 13.5. The number of sulfonamides is 1. The average Bonchev–Trinajstić information content (AvgIpc) is 3.02. The van der Waals surface area contributed by atoms with Crippen molar-refractivity contribution in [1.29, 1.82) is 0 Å². The van der Waals surface area contributed by atoms with Gasteiger partial charge in [0.1, 0.15) is 6.04 Å². The van der Waals surface area contributed by atoms with Crippen molar-refractivity contribution in [3.8, 4) is 0 Å². The normalized spacial score (nSPS) is 22.2. The second-order valence-corrected chi connectivity index (χ2v) is 8.05. The van der Waals surface area contributed by atoms with Gasteiger partial charge in [-0.2, -0.15) is 17.5 Å². The van der Waals surface area contributed by atoms with Crippen LogP contribution in [0.15, 0.2) is 59.5 Å². The van der Waals surface area contributed by atoms with Crippen LogP contribution in [0.1, 0.15) is 30.0 Å². The van der Waals surface area contributed by atoms with Crippen LogP contribution < -0.4 is 0 Å². The minimum absolute atomic E-state index is 0.116. The van der Waals surface area contributed by atoms with Crippen molar-refractivity contribution in [1.82, 2.24) is 4.31 Å². The summed E-state index contributed by atoms with van der Waals surface area (Å²) in [6, 6.07) is 11.5. The highest BCUT2D eigenvalue weighted by atomic mass is 32.2. The van der Waals surface area contributed by atoms with Gasteiger partial charge < -0.3 is 0 Å². The summed E-state index contributed by atoms with van der Waals surface area (Å²) < 4.78 is 67.2. The molecule has 25 heavy (non-hydrogen) atoms. The zero-order valence-electron chi connectivity index (χ0n) is 13.6. The molecule has 0 radical (unpaired) electrons. The van der Waals surface area contributed by atoms with Crippen LogP contribution in [0.25, 0.3) is 0 Å². The van der Waals surface area contributed by atoms with Crippen LogP contribution in [-0.4, -0.2) is 24.9 Å². The van der Waals surface area contributed by atoms with Crippen LogP contribution >= 0.6 is 0 Å². The maximum atomic E-state index is 13.5. The highest BCUT2D eigenvalue weighted by molar-refractivity contribution is 7.89. The van der Waals surface area contributed by atoms with E-state index in [9.17, 15) is 21.6 Å². The first-order valence-electron chi connectivity index (χ1n) is 7.93. The van der Waals surface area contributed by atoms with E-state index in [1.807, 2.05) is 0 Å². The summed E-state index contributed by atoms with van der Waals surface area (Å²) in [7, 11) is -4.27. The molecule has 0 bridgehead atoms. The summed E-state index contributed by atoms with van der Waals surface area (Å²) in [6.07, 6.45) is -4.71. The average molecular weight is 369 g/mol. The lowest BCUT2D eigenvalue weighted by Gasteiger charge is -2.30. The van der Waals surface area contributed by atoms with Crippen molar-refractivity contribution in [3.63, 3.8) is 0 Å². The molecule has 1 aliphatic heterocycles. The van der Waals surface area contributed by atoms with E-state index in [1.165, 1.54) is 12.1 Å². The van der Waals surface area contributed by atoms with Gasteiger partial charge in [0, 0.05) is 0 Å². The van der Waals surface area contributed by atoms with Gasteiger partial charge in [-0.05, 0) is 37.5 Å². The molecule has 3 rings (SSSR count). The van der Waals surface area contributed by atoms with Gasteiger partial charge in [0.15, 0.2) is 0 Å². The van der Waals surface area contributed by atoms with Crippen LogP contribution in [0.3, 0.4) is 0 Å². The van der Waals surface area contributed by atoms with Gasteiger partial charge in [-0.1, -0.05) is 48.0 Å². The van der Waals surface area contributed by atoms with Crippen LogP contribution in [0.2, 0.25) is 0 Å². The second kappa shape index (κ2) is 6.46. The van der Waals surface area contributed by atoms with E-state index in [-0.39, 0.29) is 17.7 Å². The van der Waals surface area contributed by atoms with E-state index in [0.29, 0.717) is 9.87 Å². The van der Waals surface area contributed by atoms with E-state index >= 15 is 0 Å². The molecule has 2 aromatic carbocycles. The number of alkyl halides is 3. The second-order valence-electron chi connectivity index (χ2n) is 6.21. The topological polar surface area (TPSA) is 37.4 Å². The molecule has 0 aromatic heterocycles. The lowest BCUT2D eigenvalue weighted by atomic mass is 10.1. The van der Waals surface area contributed by atoms with E-state index < -0.39 is 28.3 Å². The molecule has 134 valence electrons. The molecule has 1 heterocycles. The van der Waals surface area contributed by atoms with Crippen LogP contribution in [0.4, 0.5) is 13.2 Å². The zero-order chi connectivity index (χ0) is 18.2. The van der Waals surface area contributed by atoms with Crippen molar-refractivity contribution in [3.05, 3.63) is 65.7 Å². The summed E-state index contributed by atoms with van der Waals surface area (Å²) in [6.45, 7) is 1.79. The maximum Gasteiger partial charge on any atom is 0.405 e. The molecule has 1 saturated heterocycles. The molecule has 7 heteroatoms. The molecule has 0 N–H and O–H groups in total. The lowest BCUT2D eigenvalue weighted by molar-refractivity contribution is -0.167. The Hall–Kier alpha value is -1.86. The molecule has 3 nitrogen and oxygen atoms in total. The van der Waals surface area contributed by atoms with Crippen molar-refractivity contribution >= 4 is 10.0 Å². The SMILES string of the molecule is Cc1ccc(S(=O)(=O)N2[C@H](c3ccccc3)CC[C@@H]2C(F)(F)F)cc1. The molecule has 1 aliphatic rings. The third kappa shape index (κ3) is 3.43. The summed E-state index contributed by atoms with van der Waals surface area (Å²) in [5.41, 5.74) is 1.41. The van der Waals surface area contributed by atoms with Gasteiger partial charge in [-0.25, -0.2) is 8.42 Å². The van der Waals surface area contributed by atoms with Crippen molar-refractivity contribution in [2.45, 2.75) is 42.9 Å². The van der Waals surface area contributed by atoms with E-state index in [1.54, 1.807) is 49.4 Å². The highest BCUT2D eigenvalue weighted by Crippen LogP contribution is 2.45. The standard InChI is InChI=1S/C18H18F3NO2S/c1-13-7-9-15(10-8-13)25(23,24)22-16(14-5-3-2-4-6-14)11-12-17(22)18(19,20)21/h2-10,16-17H,11-12H2,1H3/t16-,17+/m0/s1. The predicted octanol–water partition coefficient (Wildman–Crippen LogP) is 4.45. The fourth-order valence-corrected chi connectivity index (χ4v) is 5.10. The molecule has 2 atom stereocenters. The molecule has 2 aromatic rings. The first kappa shape index (κ1) is 17.9. The van der Waals surface area contributed by atoms with Crippen LogP contribution in [0, 0.1) is 6.92 Å². The number of aryl methyl sites for hydroxylation is 1. The third-order valence-corrected chi connectivity index (χ3v) is 6.42. The molecular formula is C18H18F3NO2S. The summed E-state index contributed by atoms with van der Waals surface area (Å²) in [5, 5.41) is 0. The molecule has 1 fully saturated rings. The Morgan fingerprint density at radius 3 is 2.12 bits per heavy atom. The van der Waals surface area contributed by atoms with Gasteiger partial charge >= 0.3 is 6.18 Å². The van der Waals surface area contributed by atoms with E-state index in [4.69, 9.17) is 0 Å². The van der Waals surface area contributed by atoms with Crippen molar-refractivity contribution in [2.24, 2.45) is 0 Å². The fraction of sp³-hybridized carbons (Fsp3) is 0.333. The first-order chi connectivity index (χ1) is 11.7. The van der Waals surface area contributed by atoms with Gasteiger partial charge in [0.05, 0.1) is 10.9 Å². The number of hydrogen-bond donors (Lipinski definition) is 0. The Kier molecular flexibility index (Phi) is 4.64. The zero-order valence-corrected chi connectivity index (χ0v) is 14.4. The number of nitrogens with zero attached hydrogens (tertiary/aromatic N) is 1. The number of benzene rings is 2. The predicted molar refractivity (Wildman–Crippen MR) is 88.5 cm³/mol. The number of halogens is 3. The Morgan fingerprint density at radius 1 is 0.960 bits per heavy atom. The number of rotatable bonds is 3. The van der Waals surface area contributed by atoms with Gasteiger partial charge in [-0.3, -0.25) is 0 Å². The smallest absolute Gasteiger partial charge is 0.207 e. The minimum Gasteiger partial charge on any atom is -0.207 e. The number of hydrogen-bond acceptors (Lipinski definition) is 2. The molecule has 0 spiro atoms. The Bertz CT molecular complexity index is 833. The molecular weight excluding hydrogens is 351 g/mol. The quantitative estimate of drug-likeness (QED) is 0.801. The summed E-state index contributed by atoms with van der Waals surface area (Å²) in [5.74, 6) is 0.